The number of nitrogens with one attached hydrogen (secondary N) is 1. The average molecular weight is 335 g/mol. The first kappa shape index (κ1) is 16.4. The van der Waals surface area contributed by atoms with E-state index in [4.69, 9.17) is 5.73 Å². The Balaban J connectivity index is 1.90. The third-order valence-electron chi connectivity index (χ3n) is 4.26. The van der Waals surface area contributed by atoms with E-state index < -0.39 is 17.6 Å². The van der Waals surface area contributed by atoms with Crippen molar-refractivity contribution in [3.63, 3.8) is 0 Å². The number of Topliss-reactive ketones (excluding diaryl/α,β-unsaturated/α-hetero) is 1. The highest BCUT2D eigenvalue weighted by Gasteiger charge is 2.24. The molecule has 0 aliphatic rings. The summed E-state index contributed by atoms with van der Waals surface area (Å²) in [6.07, 6.45) is 0. The molecule has 3 N–H and O–H groups in total. The number of aryl methyl sites for hydroxylation is 1. The number of nitrogens with two attached hydrogens (primary N) is 1. The van der Waals surface area contributed by atoms with Gasteiger partial charge in [-0.05, 0) is 37.3 Å². The van der Waals surface area contributed by atoms with Crippen molar-refractivity contribution >= 4 is 34.2 Å². The lowest BCUT2D eigenvalue weighted by Gasteiger charge is -2.06. The minimum atomic E-state index is -0.730. The number of hydrogen-bond acceptors (Lipinski definition) is 3. The highest BCUT2D eigenvalue weighted by Crippen LogP contribution is 2.25. The zero-order chi connectivity index (χ0) is 18.1. The van der Waals surface area contributed by atoms with Gasteiger partial charge in [-0.15, -0.1) is 0 Å². The molecule has 0 fully saturated rings. The maximum absolute atomic E-state index is 12.7. The summed E-state index contributed by atoms with van der Waals surface area (Å²) in [7, 11) is 1.86. The van der Waals surface area contributed by atoms with Crippen LogP contribution < -0.4 is 11.1 Å². The van der Waals surface area contributed by atoms with E-state index in [-0.39, 0.29) is 0 Å². The van der Waals surface area contributed by atoms with Gasteiger partial charge in [0.2, 0.25) is 5.91 Å². The van der Waals surface area contributed by atoms with E-state index >= 15 is 0 Å². The number of primary amides is 1. The highest BCUT2D eigenvalue weighted by atomic mass is 16.2. The molecule has 0 saturated heterocycles. The van der Waals surface area contributed by atoms with E-state index in [9.17, 15) is 14.4 Å². The maximum atomic E-state index is 12.7. The molecule has 2 aromatic carbocycles. The predicted octanol–water partition coefficient (Wildman–Crippen LogP) is 2.41. The predicted molar refractivity (Wildman–Crippen MR) is 95.6 cm³/mol. The second-order valence-electron chi connectivity index (χ2n) is 5.76. The zero-order valence-electron chi connectivity index (χ0n) is 13.9. The number of carbonyl (C=O) groups excluding carboxylic acids is 3. The molecule has 0 bridgehead atoms. The standard InChI is InChI=1S/C19H17N3O3/c1-11-16(14-5-3-4-6-15(14)22(11)2)17(23)19(25)21-13-9-7-12(8-10-13)18(20)24/h3-10H,1-2H3,(H2,20,24)(H,21,25). The second-order valence-corrected chi connectivity index (χ2v) is 5.76. The SMILES string of the molecule is Cc1c(C(=O)C(=O)Nc2ccc(C(N)=O)cc2)c2ccccc2n1C. The molecular weight excluding hydrogens is 318 g/mol. The van der Waals surface area contributed by atoms with Crippen LogP contribution in [0.4, 0.5) is 5.69 Å². The number of aromatic nitrogens is 1. The topological polar surface area (TPSA) is 94.2 Å². The van der Waals surface area contributed by atoms with Crippen LogP contribution >= 0.6 is 0 Å². The number of para-hydroxylation sites is 1. The smallest absolute Gasteiger partial charge is 0.296 e. The van der Waals surface area contributed by atoms with Gasteiger partial charge in [0.05, 0.1) is 5.56 Å². The van der Waals surface area contributed by atoms with Crippen LogP contribution in [0.1, 0.15) is 26.4 Å². The lowest BCUT2D eigenvalue weighted by Crippen LogP contribution is -2.23. The summed E-state index contributed by atoms with van der Waals surface area (Å²) in [5, 5.41) is 3.30. The Labute approximate surface area is 144 Å². The van der Waals surface area contributed by atoms with Crippen LogP contribution in [0.25, 0.3) is 10.9 Å². The van der Waals surface area contributed by atoms with Crippen LogP contribution in [0.3, 0.4) is 0 Å². The minimum absolute atomic E-state index is 0.328. The zero-order valence-corrected chi connectivity index (χ0v) is 13.9. The van der Waals surface area contributed by atoms with Crippen molar-refractivity contribution in [3.05, 3.63) is 65.4 Å². The van der Waals surface area contributed by atoms with Crippen LogP contribution in [0, 0.1) is 6.92 Å². The molecule has 6 heteroatoms. The number of fused-ring (bicyclic) bond motifs is 1. The summed E-state index contributed by atoms with van der Waals surface area (Å²) in [4.78, 5) is 36.1. The molecule has 6 nitrogen and oxygen atoms in total. The molecule has 0 spiro atoms. The lowest BCUT2D eigenvalue weighted by molar-refractivity contribution is -0.112. The maximum Gasteiger partial charge on any atom is 0.296 e. The van der Waals surface area contributed by atoms with Gasteiger partial charge in [0, 0.05) is 34.9 Å². The van der Waals surface area contributed by atoms with E-state index in [1.54, 1.807) is 0 Å². The van der Waals surface area contributed by atoms with E-state index in [1.807, 2.05) is 42.8 Å². The van der Waals surface area contributed by atoms with Crippen LogP contribution in [-0.4, -0.2) is 22.2 Å². The molecule has 3 rings (SSSR count). The molecule has 0 unspecified atom stereocenters. The molecule has 1 heterocycles. The summed E-state index contributed by atoms with van der Waals surface area (Å²) >= 11 is 0. The second kappa shape index (κ2) is 6.24. The molecule has 0 aliphatic carbocycles. The molecule has 1 aromatic heterocycles. The number of nitrogens with zero attached hydrogens (tertiary/aromatic N) is 1. The Kier molecular flexibility index (Phi) is 4.10. The van der Waals surface area contributed by atoms with E-state index in [2.05, 4.69) is 5.32 Å². The van der Waals surface area contributed by atoms with Crippen molar-refractivity contribution in [2.75, 3.05) is 5.32 Å². The number of benzene rings is 2. The quantitative estimate of drug-likeness (QED) is 0.566. The number of ketones is 1. The Morgan fingerprint density at radius 3 is 2.28 bits per heavy atom. The fraction of sp³-hybridized carbons (Fsp3) is 0.105. The van der Waals surface area contributed by atoms with Gasteiger partial charge in [-0.3, -0.25) is 14.4 Å². The summed E-state index contributed by atoms with van der Waals surface area (Å²) in [6, 6.07) is 13.5. The number of carbonyl (C=O) groups is 3. The van der Waals surface area contributed by atoms with Gasteiger partial charge < -0.3 is 15.6 Å². The van der Waals surface area contributed by atoms with Crippen LogP contribution in [0.2, 0.25) is 0 Å². The first-order valence-electron chi connectivity index (χ1n) is 7.69. The van der Waals surface area contributed by atoms with Gasteiger partial charge in [0.25, 0.3) is 11.7 Å². The van der Waals surface area contributed by atoms with Crippen molar-refractivity contribution in [2.45, 2.75) is 6.92 Å². The van der Waals surface area contributed by atoms with Gasteiger partial charge in [-0.25, -0.2) is 0 Å². The monoisotopic (exact) mass is 335 g/mol. The van der Waals surface area contributed by atoms with Gasteiger partial charge in [-0.1, -0.05) is 18.2 Å². The van der Waals surface area contributed by atoms with Crippen LogP contribution in [0.5, 0.6) is 0 Å². The van der Waals surface area contributed by atoms with E-state index in [0.717, 1.165) is 16.6 Å². The Morgan fingerprint density at radius 1 is 1.00 bits per heavy atom. The minimum Gasteiger partial charge on any atom is -0.366 e. The highest BCUT2D eigenvalue weighted by molar-refractivity contribution is 6.48. The Hall–Kier alpha value is -3.41. The largest absolute Gasteiger partial charge is 0.366 e. The molecule has 25 heavy (non-hydrogen) atoms. The third kappa shape index (κ3) is 2.89. The summed E-state index contributed by atoms with van der Waals surface area (Å²) in [5.41, 5.74) is 7.94. The van der Waals surface area contributed by atoms with Crippen LogP contribution in [0.15, 0.2) is 48.5 Å². The molecule has 0 radical (unpaired) electrons. The molecule has 0 atom stereocenters. The molecule has 3 aromatic rings. The molecule has 0 saturated carbocycles. The van der Waals surface area contributed by atoms with E-state index in [0.29, 0.717) is 16.8 Å². The number of anilines is 1. The molecule has 126 valence electrons. The van der Waals surface area contributed by atoms with Gasteiger partial charge >= 0.3 is 0 Å². The number of hydrogen-bond donors (Lipinski definition) is 2. The lowest BCUT2D eigenvalue weighted by atomic mass is 10.1. The fourth-order valence-corrected chi connectivity index (χ4v) is 2.83. The molecular formula is C19H17N3O3. The Bertz CT molecular complexity index is 1000. The Morgan fingerprint density at radius 2 is 1.64 bits per heavy atom. The summed E-state index contributed by atoms with van der Waals surface area (Å²) in [5.74, 6) is -1.89. The van der Waals surface area contributed by atoms with Gasteiger partial charge in [0.15, 0.2) is 0 Å². The van der Waals surface area contributed by atoms with Crippen molar-refractivity contribution in [1.29, 1.82) is 0 Å². The van der Waals surface area contributed by atoms with Crippen LogP contribution in [-0.2, 0) is 11.8 Å². The van der Waals surface area contributed by atoms with Crippen molar-refractivity contribution < 1.29 is 14.4 Å². The third-order valence-corrected chi connectivity index (χ3v) is 4.26. The van der Waals surface area contributed by atoms with Gasteiger partial charge in [0.1, 0.15) is 0 Å². The van der Waals surface area contributed by atoms with Crippen molar-refractivity contribution in [3.8, 4) is 0 Å². The van der Waals surface area contributed by atoms with Crippen molar-refractivity contribution in [2.24, 2.45) is 12.8 Å². The molecule has 2 amide bonds. The van der Waals surface area contributed by atoms with Crippen molar-refractivity contribution in [1.82, 2.24) is 4.57 Å². The summed E-state index contributed by atoms with van der Waals surface area (Å²) in [6.45, 7) is 1.81. The first-order chi connectivity index (χ1) is 11.9. The van der Waals surface area contributed by atoms with Gasteiger partial charge in [-0.2, -0.15) is 0 Å². The average Bonchev–Trinajstić information content (AvgIpc) is 2.86. The fourth-order valence-electron chi connectivity index (χ4n) is 2.83. The summed E-state index contributed by atoms with van der Waals surface area (Å²) < 4.78 is 1.89. The first-order valence-corrected chi connectivity index (χ1v) is 7.69. The number of rotatable bonds is 4. The van der Waals surface area contributed by atoms with E-state index in [1.165, 1.54) is 24.3 Å². The normalized spacial score (nSPS) is 10.6. The molecule has 0 aliphatic heterocycles. The number of amides is 2.